The Kier molecular flexibility index (Phi) is 6.70. The minimum atomic E-state index is -0.163. The number of nitrogens with one attached hydrogen (secondary N) is 2. The molecule has 0 radical (unpaired) electrons. The van der Waals surface area contributed by atoms with Crippen LogP contribution in [0.5, 0.6) is 0 Å². The van der Waals surface area contributed by atoms with Gasteiger partial charge >= 0.3 is 0 Å². The first-order valence-electron chi connectivity index (χ1n) is 7.85. The van der Waals surface area contributed by atoms with E-state index < -0.39 is 0 Å². The fraction of sp³-hybridized carbons (Fsp3) is 0.588. The highest BCUT2D eigenvalue weighted by atomic mass is 32.2. The van der Waals surface area contributed by atoms with E-state index in [1.807, 2.05) is 12.3 Å². The first kappa shape index (κ1) is 17.3. The second-order valence-electron chi connectivity index (χ2n) is 5.98. The zero-order valence-corrected chi connectivity index (χ0v) is 14.1. The molecule has 2 rings (SSSR count). The summed E-state index contributed by atoms with van der Waals surface area (Å²) in [5, 5.41) is 6.58. The van der Waals surface area contributed by atoms with E-state index in [1.165, 1.54) is 11.6 Å². The lowest BCUT2D eigenvalue weighted by Gasteiger charge is -2.29. The van der Waals surface area contributed by atoms with Gasteiger partial charge in [0.1, 0.15) is 5.82 Å². The average Bonchev–Trinajstić information content (AvgIpc) is 2.48. The summed E-state index contributed by atoms with van der Waals surface area (Å²) in [6, 6.07) is 5.87. The van der Waals surface area contributed by atoms with Gasteiger partial charge in [-0.1, -0.05) is 6.07 Å². The molecule has 1 aromatic rings. The normalized spacial score (nSPS) is 21.6. The van der Waals surface area contributed by atoms with E-state index in [4.69, 9.17) is 0 Å². The van der Waals surface area contributed by atoms with E-state index in [0.29, 0.717) is 12.1 Å². The molecule has 1 fully saturated rings. The van der Waals surface area contributed by atoms with Gasteiger partial charge in [-0.25, -0.2) is 4.39 Å². The van der Waals surface area contributed by atoms with E-state index >= 15 is 0 Å². The van der Waals surface area contributed by atoms with Crippen molar-refractivity contribution in [3.63, 3.8) is 0 Å². The molecule has 0 unspecified atom stereocenters. The van der Waals surface area contributed by atoms with Crippen molar-refractivity contribution in [2.75, 3.05) is 6.26 Å². The van der Waals surface area contributed by atoms with Crippen LogP contribution in [-0.2, 0) is 17.1 Å². The monoisotopic (exact) mass is 324 g/mol. The van der Waals surface area contributed by atoms with E-state index in [9.17, 15) is 9.18 Å². The number of rotatable bonds is 6. The number of halogens is 1. The lowest BCUT2D eigenvalue weighted by atomic mass is 9.91. The van der Waals surface area contributed by atoms with Crippen LogP contribution in [0.25, 0.3) is 0 Å². The fourth-order valence-corrected chi connectivity index (χ4v) is 3.62. The zero-order valence-electron chi connectivity index (χ0n) is 13.3. The highest BCUT2D eigenvalue weighted by molar-refractivity contribution is 7.97. The van der Waals surface area contributed by atoms with Gasteiger partial charge in [0, 0.05) is 31.3 Å². The van der Waals surface area contributed by atoms with Crippen LogP contribution >= 0.6 is 11.8 Å². The fourth-order valence-electron chi connectivity index (χ4n) is 3.04. The van der Waals surface area contributed by atoms with Crippen LogP contribution in [0.1, 0.15) is 43.7 Å². The maximum atomic E-state index is 13.3. The van der Waals surface area contributed by atoms with Crippen LogP contribution in [0.4, 0.5) is 4.39 Å². The lowest BCUT2D eigenvalue weighted by molar-refractivity contribution is -0.119. The largest absolute Gasteiger partial charge is 0.354 e. The van der Waals surface area contributed by atoms with Crippen molar-refractivity contribution < 1.29 is 9.18 Å². The minimum absolute atomic E-state index is 0.0597. The van der Waals surface area contributed by atoms with Crippen LogP contribution in [0, 0.1) is 5.82 Å². The number of thioether (sulfide) groups is 1. The van der Waals surface area contributed by atoms with Crippen molar-refractivity contribution in [1.29, 1.82) is 0 Å². The van der Waals surface area contributed by atoms with Gasteiger partial charge in [0.2, 0.25) is 5.91 Å². The highest BCUT2D eigenvalue weighted by Gasteiger charge is 2.21. The van der Waals surface area contributed by atoms with Crippen molar-refractivity contribution in [3.8, 4) is 0 Å². The van der Waals surface area contributed by atoms with Gasteiger partial charge in [0.05, 0.1) is 0 Å². The van der Waals surface area contributed by atoms with Crippen LogP contribution in [-0.4, -0.2) is 24.2 Å². The van der Waals surface area contributed by atoms with E-state index in [-0.39, 0.29) is 11.7 Å². The summed E-state index contributed by atoms with van der Waals surface area (Å²) in [6.45, 7) is 2.36. The van der Waals surface area contributed by atoms with Gasteiger partial charge in [-0.2, -0.15) is 11.8 Å². The van der Waals surface area contributed by atoms with Gasteiger partial charge in [-0.15, -0.1) is 0 Å². The summed E-state index contributed by atoms with van der Waals surface area (Å²) >= 11 is 1.71. The lowest BCUT2D eigenvalue weighted by Crippen LogP contribution is -2.41. The smallest absolute Gasteiger partial charge is 0.217 e. The van der Waals surface area contributed by atoms with Gasteiger partial charge in [-0.05, 0) is 55.2 Å². The van der Waals surface area contributed by atoms with Crippen molar-refractivity contribution in [3.05, 3.63) is 35.1 Å². The molecule has 0 saturated heterocycles. The SMILES string of the molecule is CSCc1cc(F)ccc1CNC1CCC(NC(C)=O)CC1. The van der Waals surface area contributed by atoms with E-state index in [2.05, 4.69) is 10.6 Å². The molecule has 1 aromatic carbocycles. The quantitative estimate of drug-likeness (QED) is 0.844. The molecule has 5 heteroatoms. The third-order valence-electron chi connectivity index (χ3n) is 4.18. The number of benzene rings is 1. The predicted octanol–water partition coefficient (Wildman–Crippen LogP) is 3.23. The first-order valence-corrected chi connectivity index (χ1v) is 9.24. The van der Waals surface area contributed by atoms with Crippen molar-refractivity contribution in [1.82, 2.24) is 10.6 Å². The summed E-state index contributed by atoms with van der Waals surface area (Å²) in [5.74, 6) is 0.734. The molecule has 2 N–H and O–H groups in total. The second kappa shape index (κ2) is 8.53. The van der Waals surface area contributed by atoms with E-state index in [1.54, 1.807) is 24.8 Å². The number of carbonyl (C=O) groups is 1. The highest BCUT2D eigenvalue weighted by Crippen LogP contribution is 2.21. The Morgan fingerprint density at radius 2 is 1.91 bits per heavy atom. The van der Waals surface area contributed by atoms with Gasteiger partial charge in [0.25, 0.3) is 0 Å². The number of hydrogen-bond donors (Lipinski definition) is 2. The van der Waals surface area contributed by atoms with Crippen LogP contribution in [0.15, 0.2) is 18.2 Å². The summed E-state index contributed by atoms with van der Waals surface area (Å²) in [5.41, 5.74) is 2.26. The van der Waals surface area contributed by atoms with Gasteiger partial charge < -0.3 is 10.6 Å². The van der Waals surface area contributed by atoms with Crippen molar-refractivity contribution >= 4 is 17.7 Å². The maximum Gasteiger partial charge on any atom is 0.217 e. The maximum absolute atomic E-state index is 13.3. The Balaban J connectivity index is 1.83. The molecule has 1 aliphatic carbocycles. The molecule has 0 aromatic heterocycles. The Labute approximate surface area is 136 Å². The molecule has 0 atom stereocenters. The molecule has 0 bridgehead atoms. The Hall–Kier alpha value is -1.07. The molecular formula is C17H25FN2OS. The van der Waals surface area contributed by atoms with Crippen LogP contribution < -0.4 is 10.6 Å². The predicted molar refractivity (Wildman–Crippen MR) is 90.3 cm³/mol. The third-order valence-corrected chi connectivity index (χ3v) is 4.78. The Bertz CT molecular complexity index is 501. The number of carbonyl (C=O) groups excluding carboxylic acids is 1. The molecule has 0 heterocycles. The molecule has 1 amide bonds. The molecule has 0 spiro atoms. The Morgan fingerprint density at radius 1 is 1.23 bits per heavy atom. The number of amides is 1. The molecular weight excluding hydrogens is 299 g/mol. The Morgan fingerprint density at radius 3 is 2.55 bits per heavy atom. The topological polar surface area (TPSA) is 41.1 Å². The molecule has 1 aliphatic rings. The van der Waals surface area contributed by atoms with Gasteiger partial charge in [0.15, 0.2) is 0 Å². The van der Waals surface area contributed by atoms with Crippen LogP contribution in [0.3, 0.4) is 0 Å². The third kappa shape index (κ3) is 5.29. The van der Waals surface area contributed by atoms with Crippen LogP contribution in [0.2, 0.25) is 0 Å². The summed E-state index contributed by atoms with van der Waals surface area (Å²) < 4.78 is 13.3. The van der Waals surface area contributed by atoms with Crippen molar-refractivity contribution in [2.24, 2.45) is 0 Å². The van der Waals surface area contributed by atoms with E-state index in [0.717, 1.165) is 43.5 Å². The zero-order chi connectivity index (χ0) is 15.9. The molecule has 3 nitrogen and oxygen atoms in total. The summed E-state index contributed by atoms with van der Waals surface area (Å²) in [6.07, 6.45) is 6.23. The summed E-state index contributed by atoms with van der Waals surface area (Å²) in [7, 11) is 0. The average molecular weight is 324 g/mol. The molecule has 0 aliphatic heterocycles. The molecule has 122 valence electrons. The van der Waals surface area contributed by atoms with Crippen molar-refractivity contribution in [2.45, 2.75) is 57.0 Å². The standard InChI is InChI=1S/C17H25FN2OS/c1-12(21)20-17-7-5-16(6-8-17)19-10-13-3-4-15(18)9-14(13)11-22-2/h3-4,9,16-17,19H,5-8,10-11H2,1-2H3,(H,20,21). The van der Waals surface area contributed by atoms with Gasteiger partial charge in [-0.3, -0.25) is 4.79 Å². The second-order valence-corrected chi connectivity index (χ2v) is 6.84. The summed E-state index contributed by atoms with van der Waals surface area (Å²) in [4.78, 5) is 11.1. The molecule has 22 heavy (non-hydrogen) atoms. The number of hydrogen-bond acceptors (Lipinski definition) is 3. The first-order chi connectivity index (χ1) is 10.6. The molecule has 1 saturated carbocycles. The minimum Gasteiger partial charge on any atom is -0.354 e.